The highest BCUT2D eigenvalue weighted by Crippen LogP contribution is 2.02. The Bertz CT molecular complexity index is 113. The molecule has 4 heteroatoms. The predicted molar refractivity (Wildman–Crippen MR) is 32.6 cm³/mol. The number of carboxylic acids is 1. The molecule has 0 bridgehead atoms. The van der Waals surface area contributed by atoms with Gasteiger partial charge in [0.25, 0.3) is 0 Å². The molecule has 0 aromatic rings. The minimum atomic E-state index is -1.07. The second-order valence-corrected chi connectivity index (χ2v) is 2.08. The first-order chi connectivity index (χ1) is 4.18. The largest absolute Gasteiger partial charge is 0.480 e. The van der Waals surface area contributed by atoms with Crippen molar-refractivity contribution in [3.8, 4) is 0 Å². The van der Waals surface area contributed by atoms with Crippen LogP contribution >= 0.6 is 11.6 Å². The molecule has 1 atom stereocenters. The van der Waals surface area contributed by atoms with E-state index in [0.717, 1.165) is 0 Å². The molecule has 0 heterocycles. The van der Waals surface area contributed by atoms with Crippen LogP contribution < -0.4 is 0 Å². The van der Waals surface area contributed by atoms with Crippen LogP contribution in [0.25, 0.3) is 0 Å². The number of aldehydes is 1. The first kappa shape index (κ1) is 8.43. The summed E-state index contributed by atoms with van der Waals surface area (Å²) in [5, 5.41) is 7.24. The van der Waals surface area contributed by atoms with E-state index in [2.05, 4.69) is 0 Å². The van der Waals surface area contributed by atoms with Gasteiger partial charge in [0, 0.05) is 6.42 Å². The van der Waals surface area contributed by atoms with Crippen molar-refractivity contribution in [1.82, 2.24) is 0 Å². The predicted octanol–water partition coefficient (Wildman–Crippen LogP) is 0.657. The maximum atomic E-state index is 9.96. The molecule has 1 unspecified atom stereocenters. The van der Waals surface area contributed by atoms with Gasteiger partial charge in [-0.05, 0) is 6.42 Å². The number of aliphatic carboxylic acids is 1. The van der Waals surface area contributed by atoms with Gasteiger partial charge in [0.1, 0.15) is 11.7 Å². The van der Waals surface area contributed by atoms with E-state index < -0.39 is 11.3 Å². The molecule has 0 aliphatic carbocycles. The van der Waals surface area contributed by atoms with Crippen LogP contribution in [0.1, 0.15) is 12.8 Å². The van der Waals surface area contributed by atoms with E-state index in [1.165, 1.54) is 0 Å². The Morgan fingerprint density at radius 3 is 2.67 bits per heavy atom. The quantitative estimate of drug-likeness (QED) is 0.473. The highest BCUT2D eigenvalue weighted by Gasteiger charge is 2.11. The van der Waals surface area contributed by atoms with Gasteiger partial charge in [0.2, 0.25) is 0 Å². The van der Waals surface area contributed by atoms with Crippen molar-refractivity contribution in [2.45, 2.75) is 18.2 Å². The van der Waals surface area contributed by atoms with Crippen molar-refractivity contribution in [2.75, 3.05) is 0 Å². The number of carboxylic acid groups (broad SMARTS) is 1. The molecule has 0 amide bonds. The molecule has 0 aliphatic rings. The summed E-state index contributed by atoms with van der Waals surface area (Å²) in [6.07, 6.45) is 1.07. The fraction of sp³-hybridized carbons (Fsp3) is 0.600. The number of carbonyl (C=O) groups is 2. The van der Waals surface area contributed by atoms with Gasteiger partial charge in [-0.1, -0.05) is 0 Å². The van der Waals surface area contributed by atoms with Crippen LogP contribution in [0.2, 0.25) is 0 Å². The molecule has 0 spiro atoms. The summed E-state index contributed by atoms with van der Waals surface area (Å²) < 4.78 is 0. The summed E-state index contributed by atoms with van der Waals surface area (Å²) in [5.74, 6) is -1.07. The fourth-order valence-electron chi connectivity index (χ4n) is 0.338. The highest BCUT2D eigenvalue weighted by atomic mass is 35.5. The Hall–Kier alpha value is -0.570. The lowest BCUT2D eigenvalue weighted by atomic mass is 10.2. The van der Waals surface area contributed by atoms with Crippen molar-refractivity contribution in [3.63, 3.8) is 0 Å². The number of hydrogen-bond donors (Lipinski definition) is 1. The minimum Gasteiger partial charge on any atom is -0.480 e. The van der Waals surface area contributed by atoms with Gasteiger partial charge in [-0.15, -0.1) is 11.6 Å². The lowest BCUT2D eigenvalue weighted by Gasteiger charge is -1.97. The summed E-state index contributed by atoms with van der Waals surface area (Å²) >= 11 is 5.24. The molecule has 0 saturated heterocycles. The number of hydrogen-bond acceptors (Lipinski definition) is 2. The molecule has 1 N–H and O–H groups in total. The molecule has 0 saturated carbocycles. The van der Waals surface area contributed by atoms with Gasteiger partial charge in [-0.25, -0.2) is 0 Å². The fourth-order valence-corrected chi connectivity index (χ4v) is 0.464. The van der Waals surface area contributed by atoms with Gasteiger partial charge in [0.05, 0.1) is 0 Å². The standard InChI is InChI=1S/C5H7ClO3/c6-4(5(8)9)2-1-3-7/h3-4H,1-2H2,(H,8,9). The first-order valence-electron chi connectivity index (χ1n) is 2.49. The van der Waals surface area contributed by atoms with Crippen molar-refractivity contribution in [3.05, 3.63) is 0 Å². The van der Waals surface area contributed by atoms with Gasteiger partial charge < -0.3 is 9.90 Å². The van der Waals surface area contributed by atoms with E-state index >= 15 is 0 Å². The molecule has 0 aliphatic heterocycles. The first-order valence-corrected chi connectivity index (χ1v) is 2.92. The van der Waals surface area contributed by atoms with Crippen molar-refractivity contribution in [1.29, 1.82) is 0 Å². The molecule has 0 fully saturated rings. The monoisotopic (exact) mass is 150 g/mol. The lowest BCUT2D eigenvalue weighted by Crippen LogP contribution is -2.12. The average Bonchev–Trinajstić information content (AvgIpc) is 1.82. The number of alkyl halides is 1. The Morgan fingerprint density at radius 1 is 1.78 bits per heavy atom. The molecule has 0 aromatic carbocycles. The molecule has 0 rings (SSSR count). The van der Waals surface area contributed by atoms with Crippen LogP contribution in [0.4, 0.5) is 0 Å². The second-order valence-electron chi connectivity index (χ2n) is 1.55. The SMILES string of the molecule is O=CCCC(Cl)C(=O)O. The third-order valence-corrected chi connectivity index (χ3v) is 1.21. The Morgan fingerprint density at radius 2 is 2.33 bits per heavy atom. The smallest absolute Gasteiger partial charge is 0.321 e. The van der Waals surface area contributed by atoms with Crippen LogP contribution in [-0.4, -0.2) is 22.7 Å². The van der Waals surface area contributed by atoms with Gasteiger partial charge in [-0.2, -0.15) is 0 Å². The average molecular weight is 151 g/mol. The molecule has 3 nitrogen and oxygen atoms in total. The third-order valence-electron chi connectivity index (χ3n) is 0.806. The zero-order valence-electron chi connectivity index (χ0n) is 4.71. The van der Waals surface area contributed by atoms with Crippen LogP contribution in [0.3, 0.4) is 0 Å². The van der Waals surface area contributed by atoms with Crippen molar-refractivity contribution in [2.24, 2.45) is 0 Å². The van der Waals surface area contributed by atoms with E-state index in [9.17, 15) is 9.59 Å². The van der Waals surface area contributed by atoms with Gasteiger partial charge in [-0.3, -0.25) is 4.79 Å². The topological polar surface area (TPSA) is 54.4 Å². The van der Waals surface area contributed by atoms with E-state index in [1.807, 2.05) is 0 Å². The Kier molecular flexibility index (Phi) is 4.05. The lowest BCUT2D eigenvalue weighted by molar-refractivity contribution is -0.136. The van der Waals surface area contributed by atoms with Crippen LogP contribution in [0.15, 0.2) is 0 Å². The van der Waals surface area contributed by atoms with E-state index in [-0.39, 0.29) is 12.8 Å². The molecular weight excluding hydrogens is 144 g/mol. The molecule has 0 aromatic heterocycles. The maximum absolute atomic E-state index is 9.96. The van der Waals surface area contributed by atoms with Crippen LogP contribution in [-0.2, 0) is 9.59 Å². The second kappa shape index (κ2) is 4.32. The molecular formula is C5H7ClO3. The number of carbonyl (C=O) groups excluding carboxylic acids is 1. The Balaban J connectivity index is 3.37. The van der Waals surface area contributed by atoms with Crippen LogP contribution in [0, 0.1) is 0 Å². The van der Waals surface area contributed by atoms with Crippen molar-refractivity contribution < 1.29 is 14.7 Å². The zero-order valence-corrected chi connectivity index (χ0v) is 5.47. The number of halogens is 1. The van der Waals surface area contributed by atoms with E-state index in [1.54, 1.807) is 0 Å². The molecule has 52 valence electrons. The van der Waals surface area contributed by atoms with Crippen LogP contribution in [0.5, 0.6) is 0 Å². The highest BCUT2D eigenvalue weighted by molar-refractivity contribution is 6.29. The number of rotatable bonds is 4. The third kappa shape index (κ3) is 3.97. The summed E-state index contributed by atoms with van der Waals surface area (Å²) in [6, 6.07) is 0. The van der Waals surface area contributed by atoms with E-state index in [4.69, 9.17) is 16.7 Å². The zero-order chi connectivity index (χ0) is 7.28. The van der Waals surface area contributed by atoms with E-state index in [0.29, 0.717) is 6.29 Å². The summed E-state index contributed by atoms with van der Waals surface area (Å²) in [4.78, 5) is 19.6. The Labute approximate surface area is 57.6 Å². The van der Waals surface area contributed by atoms with Crippen molar-refractivity contribution >= 4 is 23.9 Å². The summed E-state index contributed by atoms with van der Waals surface area (Å²) in [6.45, 7) is 0. The summed E-state index contributed by atoms with van der Waals surface area (Å²) in [7, 11) is 0. The normalized spacial score (nSPS) is 12.6. The molecule has 9 heavy (non-hydrogen) atoms. The van der Waals surface area contributed by atoms with Gasteiger partial charge >= 0.3 is 5.97 Å². The maximum Gasteiger partial charge on any atom is 0.321 e. The molecule has 0 radical (unpaired) electrons. The minimum absolute atomic E-state index is 0.209. The van der Waals surface area contributed by atoms with Gasteiger partial charge in [0.15, 0.2) is 0 Å². The summed E-state index contributed by atoms with van der Waals surface area (Å²) in [5.41, 5.74) is 0.